The molecule has 0 bridgehead atoms. The van der Waals surface area contributed by atoms with E-state index >= 15 is 0 Å². The summed E-state index contributed by atoms with van der Waals surface area (Å²) in [6.45, 7) is 8.10. The largest absolute Gasteiger partial charge is 0.481 e. The zero-order valence-corrected chi connectivity index (χ0v) is 18.5. The SMILES string of the molecule is CC[C@@H](Nc1cc(CN2CC[C@@H](C(=O)O)C2)c(Cl)cn1)c1cc(C)c(Cl)c(C)c1. The number of nitrogens with one attached hydrogen (secondary N) is 1. The van der Waals surface area contributed by atoms with Crippen LogP contribution in [0.3, 0.4) is 0 Å². The van der Waals surface area contributed by atoms with E-state index in [1.165, 1.54) is 5.56 Å². The van der Waals surface area contributed by atoms with Crippen molar-refractivity contribution in [2.45, 2.75) is 46.2 Å². The van der Waals surface area contributed by atoms with Gasteiger partial charge in [0.05, 0.1) is 17.0 Å². The number of carbonyl (C=O) groups is 1. The minimum atomic E-state index is -0.727. The molecule has 1 fully saturated rings. The molecule has 1 aromatic heterocycles. The van der Waals surface area contributed by atoms with Gasteiger partial charge >= 0.3 is 5.97 Å². The number of likely N-dealkylation sites (tertiary alicyclic amines) is 1. The number of anilines is 1. The lowest BCUT2D eigenvalue weighted by atomic mass is 9.99. The third-order valence-electron chi connectivity index (χ3n) is 5.54. The molecule has 156 valence electrons. The highest BCUT2D eigenvalue weighted by Gasteiger charge is 2.28. The van der Waals surface area contributed by atoms with Crippen LogP contribution < -0.4 is 5.32 Å². The summed E-state index contributed by atoms with van der Waals surface area (Å²) in [6, 6.07) is 6.30. The Labute approximate surface area is 182 Å². The number of nitrogens with zero attached hydrogens (tertiary/aromatic N) is 2. The number of carboxylic acids is 1. The molecular formula is C22H27Cl2N3O2. The van der Waals surface area contributed by atoms with Crippen molar-refractivity contribution in [2.24, 2.45) is 5.92 Å². The highest BCUT2D eigenvalue weighted by molar-refractivity contribution is 6.32. The second-order valence-corrected chi connectivity index (χ2v) is 8.58. The first-order valence-electron chi connectivity index (χ1n) is 9.91. The Hall–Kier alpha value is -1.82. The average Bonchev–Trinajstić information content (AvgIpc) is 3.15. The molecule has 0 saturated carbocycles. The molecule has 2 heterocycles. The number of aliphatic carboxylic acids is 1. The fraction of sp³-hybridized carbons (Fsp3) is 0.455. The Morgan fingerprint density at radius 2 is 2.00 bits per heavy atom. The second kappa shape index (κ2) is 9.33. The molecule has 2 atom stereocenters. The predicted octanol–water partition coefficient (Wildman–Crippen LogP) is 5.47. The van der Waals surface area contributed by atoms with Gasteiger partial charge in [-0.15, -0.1) is 0 Å². The second-order valence-electron chi connectivity index (χ2n) is 7.79. The maximum atomic E-state index is 11.2. The molecule has 29 heavy (non-hydrogen) atoms. The van der Waals surface area contributed by atoms with Crippen molar-refractivity contribution < 1.29 is 9.90 Å². The molecule has 0 aliphatic carbocycles. The van der Waals surface area contributed by atoms with Gasteiger partial charge in [0.25, 0.3) is 0 Å². The third-order valence-corrected chi connectivity index (χ3v) is 6.48. The number of hydrogen-bond acceptors (Lipinski definition) is 4. The number of rotatable bonds is 7. The van der Waals surface area contributed by atoms with Gasteiger partial charge < -0.3 is 10.4 Å². The molecule has 7 heteroatoms. The Kier molecular flexibility index (Phi) is 7.04. The van der Waals surface area contributed by atoms with E-state index in [0.29, 0.717) is 24.5 Å². The van der Waals surface area contributed by atoms with Crippen LogP contribution in [-0.2, 0) is 11.3 Å². The highest BCUT2D eigenvalue weighted by Crippen LogP contribution is 2.30. The first kappa shape index (κ1) is 21.9. The Morgan fingerprint density at radius 1 is 1.31 bits per heavy atom. The summed E-state index contributed by atoms with van der Waals surface area (Å²) in [5.41, 5.74) is 4.25. The summed E-state index contributed by atoms with van der Waals surface area (Å²) >= 11 is 12.7. The average molecular weight is 436 g/mol. The van der Waals surface area contributed by atoms with Gasteiger partial charge in [0.2, 0.25) is 0 Å². The van der Waals surface area contributed by atoms with Crippen molar-refractivity contribution in [1.29, 1.82) is 0 Å². The van der Waals surface area contributed by atoms with Crippen molar-refractivity contribution >= 4 is 35.0 Å². The monoisotopic (exact) mass is 435 g/mol. The summed E-state index contributed by atoms with van der Waals surface area (Å²) in [5, 5.41) is 14.1. The summed E-state index contributed by atoms with van der Waals surface area (Å²) < 4.78 is 0. The van der Waals surface area contributed by atoms with E-state index in [-0.39, 0.29) is 12.0 Å². The minimum absolute atomic E-state index is 0.106. The number of aromatic nitrogens is 1. The first-order chi connectivity index (χ1) is 13.8. The van der Waals surface area contributed by atoms with Gasteiger partial charge in [-0.2, -0.15) is 0 Å². The summed E-state index contributed by atoms with van der Waals surface area (Å²) in [4.78, 5) is 17.8. The van der Waals surface area contributed by atoms with E-state index in [1.807, 2.05) is 19.9 Å². The zero-order chi connectivity index (χ0) is 21.1. The molecule has 1 saturated heterocycles. The molecule has 0 unspecified atom stereocenters. The number of aryl methyl sites for hydroxylation is 2. The van der Waals surface area contributed by atoms with Crippen LogP contribution in [0.5, 0.6) is 0 Å². The Bertz CT molecular complexity index is 881. The lowest BCUT2D eigenvalue weighted by molar-refractivity contribution is -0.141. The molecule has 2 N–H and O–H groups in total. The molecule has 1 aromatic carbocycles. The van der Waals surface area contributed by atoms with Crippen LogP contribution in [0.2, 0.25) is 10.0 Å². The van der Waals surface area contributed by atoms with Crippen molar-refractivity contribution in [1.82, 2.24) is 9.88 Å². The standard InChI is InChI=1S/C22H27Cl2N3O2/c1-4-19(16-7-13(2)21(24)14(3)8-16)26-20-9-17(18(23)10-25-20)12-27-6-5-15(11-27)22(28)29/h7-10,15,19H,4-6,11-12H2,1-3H3,(H,25,26)(H,28,29)/t15-,19-/m1/s1. The third kappa shape index (κ3) is 5.21. The quantitative estimate of drug-likeness (QED) is 0.602. The number of carboxylic acid groups (broad SMARTS) is 1. The molecular weight excluding hydrogens is 409 g/mol. The van der Waals surface area contributed by atoms with Gasteiger partial charge in [-0.25, -0.2) is 4.98 Å². The number of hydrogen-bond donors (Lipinski definition) is 2. The molecule has 0 amide bonds. The number of pyridine rings is 1. The molecule has 5 nitrogen and oxygen atoms in total. The van der Waals surface area contributed by atoms with Crippen LogP contribution in [0.15, 0.2) is 24.4 Å². The maximum absolute atomic E-state index is 11.2. The Morgan fingerprint density at radius 3 is 2.59 bits per heavy atom. The number of halogens is 2. The van der Waals surface area contributed by atoms with Gasteiger partial charge in [0, 0.05) is 24.3 Å². The van der Waals surface area contributed by atoms with E-state index in [2.05, 4.69) is 34.3 Å². The van der Waals surface area contributed by atoms with Gasteiger partial charge in [-0.1, -0.05) is 42.3 Å². The maximum Gasteiger partial charge on any atom is 0.307 e. The minimum Gasteiger partial charge on any atom is -0.481 e. The van der Waals surface area contributed by atoms with Crippen molar-refractivity contribution in [3.63, 3.8) is 0 Å². The predicted molar refractivity (Wildman–Crippen MR) is 118 cm³/mol. The molecule has 1 aliphatic heterocycles. The van der Waals surface area contributed by atoms with E-state index in [0.717, 1.165) is 40.5 Å². The van der Waals surface area contributed by atoms with Gasteiger partial charge in [0.1, 0.15) is 5.82 Å². The van der Waals surface area contributed by atoms with E-state index < -0.39 is 5.97 Å². The molecule has 3 rings (SSSR count). The van der Waals surface area contributed by atoms with Crippen LogP contribution in [0.1, 0.15) is 48.1 Å². The topological polar surface area (TPSA) is 65.5 Å². The van der Waals surface area contributed by atoms with Crippen LogP contribution in [-0.4, -0.2) is 34.0 Å². The molecule has 1 aliphatic rings. The summed E-state index contributed by atoms with van der Waals surface area (Å²) in [5.74, 6) is -0.264. The van der Waals surface area contributed by atoms with Crippen molar-refractivity contribution in [3.05, 3.63) is 56.7 Å². The summed E-state index contributed by atoms with van der Waals surface area (Å²) in [7, 11) is 0. The Balaban J connectivity index is 1.75. The molecule has 2 aromatic rings. The van der Waals surface area contributed by atoms with Gasteiger partial charge in [0.15, 0.2) is 0 Å². The normalized spacial score (nSPS) is 18.0. The van der Waals surface area contributed by atoms with Crippen molar-refractivity contribution in [3.8, 4) is 0 Å². The first-order valence-corrected chi connectivity index (χ1v) is 10.7. The van der Waals surface area contributed by atoms with E-state index in [1.54, 1.807) is 6.20 Å². The molecule has 0 spiro atoms. The lowest BCUT2D eigenvalue weighted by Crippen LogP contribution is -2.23. The lowest BCUT2D eigenvalue weighted by Gasteiger charge is -2.21. The zero-order valence-electron chi connectivity index (χ0n) is 17.0. The van der Waals surface area contributed by atoms with Crippen molar-refractivity contribution in [2.75, 3.05) is 18.4 Å². The van der Waals surface area contributed by atoms with Crippen LogP contribution >= 0.6 is 23.2 Å². The molecule has 0 radical (unpaired) electrons. The number of benzene rings is 1. The van der Waals surface area contributed by atoms with E-state index in [4.69, 9.17) is 23.2 Å². The van der Waals surface area contributed by atoms with Crippen LogP contribution in [0, 0.1) is 19.8 Å². The van der Waals surface area contributed by atoms with Gasteiger partial charge in [-0.05, 0) is 61.6 Å². The van der Waals surface area contributed by atoms with Crippen LogP contribution in [0.4, 0.5) is 5.82 Å². The highest BCUT2D eigenvalue weighted by atomic mass is 35.5. The smallest absolute Gasteiger partial charge is 0.307 e. The van der Waals surface area contributed by atoms with E-state index in [9.17, 15) is 9.90 Å². The summed E-state index contributed by atoms with van der Waals surface area (Å²) in [6.07, 6.45) is 3.23. The van der Waals surface area contributed by atoms with Crippen LogP contribution in [0.25, 0.3) is 0 Å². The fourth-order valence-electron chi connectivity index (χ4n) is 3.88. The van der Waals surface area contributed by atoms with Gasteiger partial charge in [-0.3, -0.25) is 9.69 Å². The fourth-order valence-corrected chi connectivity index (χ4v) is 4.15.